The third-order valence-electron chi connectivity index (χ3n) is 2.63. The highest BCUT2D eigenvalue weighted by atomic mass is 35.5. The lowest BCUT2D eigenvalue weighted by Crippen LogP contribution is -2.35. The summed E-state index contributed by atoms with van der Waals surface area (Å²) in [5, 5.41) is 3.56. The normalized spacial score (nSPS) is 19.9. The van der Waals surface area contributed by atoms with E-state index in [2.05, 4.69) is 15.2 Å². The maximum atomic E-state index is 10.9. The zero-order valence-corrected chi connectivity index (χ0v) is 9.87. The fraction of sp³-hybridized carbons (Fsp3) is 0.455. The third kappa shape index (κ3) is 2.64. The Morgan fingerprint density at radius 1 is 1.62 bits per heavy atom. The summed E-state index contributed by atoms with van der Waals surface area (Å²) < 4.78 is 0. The van der Waals surface area contributed by atoms with E-state index in [9.17, 15) is 4.79 Å². The van der Waals surface area contributed by atoms with Crippen LogP contribution in [0.5, 0.6) is 0 Å². The molecular weight excluding hydrogens is 226 g/mol. The number of nitrogens with zero attached hydrogens (tertiary/aromatic N) is 2. The van der Waals surface area contributed by atoms with Crippen molar-refractivity contribution in [2.24, 2.45) is 0 Å². The highest BCUT2D eigenvalue weighted by Gasteiger charge is 2.23. The van der Waals surface area contributed by atoms with Crippen molar-refractivity contribution in [3.8, 4) is 0 Å². The van der Waals surface area contributed by atoms with Gasteiger partial charge in [0.1, 0.15) is 5.82 Å². The van der Waals surface area contributed by atoms with Crippen LogP contribution in [0.3, 0.4) is 0 Å². The minimum Gasteiger partial charge on any atom is -0.354 e. The molecule has 1 fully saturated rings. The monoisotopic (exact) mass is 239 g/mol. The molecule has 4 nitrogen and oxygen atoms in total. The van der Waals surface area contributed by atoms with E-state index in [0.717, 1.165) is 25.3 Å². The van der Waals surface area contributed by atoms with E-state index in [1.807, 2.05) is 12.1 Å². The molecule has 1 amide bonds. The Morgan fingerprint density at radius 2 is 2.44 bits per heavy atom. The summed E-state index contributed by atoms with van der Waals surface area (Å²) in [4.78, 5) is 17.3. The number of carbonyl (C=O) groups excluding carboxylic acids is 1. The minimum atomic E-state index is 0.0240. The molecule has 0 aliphatic carbocycles. The van der Waals surface area contributed by atoms with Crippen molar-refractivity contribution in [3.05, 3.63) is 23.4 Å². The van der Waals surface area contributed by atoms with Gasteiger partial charge in [0, 0.05) is 32.3 Å². The van der Waals surface area contributed by atoms with Crippen LogP contribution in [0.15, 0.2) is 18.3 Å². The summed E-state index contributed by atoms with van der Waals surface area (Å²) in [7, 11) is 0. The number of nitrogens with one attached hydrogen (secondary N) is 1. The van der Waals surface area contributed by atoms with Crippen LogP contribution in [0, 0.1) is 0 Å². The molecule has 86 valence electrons. The predicted octanol–water partition coefficient (Wildman–Crippen LogP) is 1.45. The Hall–Kier alpha value is -1.29. The van der Waals surface area contributed by atoms with E-state index in [1.54, 1.807) is 13.1 Å². The van der Waals surface area contributed by atoms with Crippen molar-refractivity contribution < 1.29 is 4.79 Å². The molecule has 2 rings (SSSR count). The second-order valence-electron chi connectivity index (χ2n) is 3.97. The lowest BCUT2D eigenvalue weighted by Gasteiger charge is -2.17. The van der Waals surface area contributed by atoms with Crippen LogP contribution >= 0.6 is 11.6 Å². The Morgan fingerprint density at radius 3 is 3.06 bits per heavy atom. The Bertz CT molecular complexity index is 379. The van der Waals surface area contributed by atoms with Gasteiger partial charge in [-0.25, -0.2) is 4.98 Å². The van der Waals surface area contributed by atoms with Gasteiger partial charge in [-0.15, -0.1) is 0 Å². The van der Waals surface area contributed by atoms with Gasteiger partial charge in [0.15, 0.2) is 0 Å². The third-order valence-corrected chi connectivity index (χ3v) is 2.85. The molecular formula is C11H14ClN3O. The lowest BCUT2D eigenvalue weighted by molar-refractivity contribution is -0.119. The quantitative estimate of drug-likeness (QED) is 0.850. The zero-order valence-electron chi connectivity index (χ0n) is 9.11. The summed E-state index contributed by atoms with van der Waals surface area (Å²) in [6.07, 6.45) is 2.60. The number of aromatic nitrogens is 1. The molecule has 1 atom stereocenters. The van der Waals surface area contributed by atoms with E-state index in [4.69, 9.17) is 11.6 Å². The minimum absolute atomic E-state index is 0.0240. The highest BCUT2D eigenvalue weighted by Crippen LogP contribution is 2.19. The van der Waals surface area contributed by atoms with Gasteiger partial charge >= 0.3 is 0 Å². The number of amides is 1. The molecule has 5 heteroatoms. The maximum Gasteiger partial charge on any atom is 0.217 e. The first kappa shape index (κ1) is 11.2. The SMILES string of the molecule is CC(=O)NC1CCN(c2ccc(Cl)cn2)C1. The standard InChI is InChI=1S/C11H14ClN3O/c1-8(16)14-10-4-5-15(7-10)11-3-2-9(12)6-13-11/h2-3,6,10H,4-5,7H2,1H3,(H,14,16). The highest BCUT2D eigenvalue weighted by molar-refractivity contribution is 6.30. The molecule has 2 heterocycles. The van der Waals surface area contributed by atoms with Gasteiger partial charge in [-0.1, -0.05) is 11.6 Å². The van der Waals surface area contributed by atoms with Crippen molar-refractivity contribution >= 4 is 23.3 Å². The number of rotatable bonds is 2. The second kappa shape index (κ2) is 4.70. The average molecular weight is 240 g/mol. The predicted molar refractivity (Wildman–Crippen MR) is 63.7 cm³/mol. The van der Waals surface area contributed by atoms with E-state index >= 15 is 0 Å². The smallest absolute Gasteiger partial charge is 0.217 e. The summed E-state index contributed by atoms with van der Waals surface area (Å²) in [6, 6.07) is 3.96. The molecule has 1 saturated heterocycles. The van der Waals surface area contributed by atoms with E-state index in [0.29, 0.717) is 5.02 Å². The van der Waals surface area contributed by atoms with Gasteiger partial charge in [0.25, 0.3) is 0 Å². The molecule has 1 aromatic rings. The van der Waals surface area contributed by atoms with Crippen LogP contribution in [0.1, 0.15) is 13.3 Å². The summed E-state index contributed by atoms with van der Waals surface area (Å²) in [6.45, 7) is 3.27. The van der Waals surface area contributed by atoms with E-state index < -0.39 is 0 Å². The number of hydrogen-bond acceptors (Lipinski definition) is 3. The van der Waals surface area contributed by atoms with Crippen molar-refractivity contribution in [1.29, 1.82) is 0 Å². The molecule has 1 aliphatic rings. The van der Waals surface area contributed by atoms with Crippen molar-refractivity contribution in [3.63, 3.8) is 0 Å². The van der Waals surface area contributed by atoms with Crippen LogP contribution in [0.25, 0.3) is 0 Å². The number of carbonyl (C=O) groups is 1. The molecule has 0 aromatic carbocycles. The van der Waals surface area contributed by atoms with Gasteiger partial charge in [0.2, 0.25) is 5.91 Å². The second-order valence-corrected chi connectivity index (χ2v) is 4.40. The number of halogens is 1. The van der Waals surface area contributed by atoms with Crippen LogP contribution in [0.4, 0.5) is 5.82 Å². The van der Waals surface area contributed by atoms with Gasteiger partial charge in [0.05, 0.1) is 5.02 Å². The number of hydrogen-bond donors (Lipinski definition) is 1. The van der Waals surface area contributed by atoms with E-state index in [-0.39, 0.29) is 11.9 Å². The van der Waals surface area contributed by atoms with Crippen LogP contribution in [-0.2, 0) is 4.79 Å². The first-order valence-corrected chi connectivity index (χ1v) is 5.66. The van der Waals surface area contributed by atoms with Gasteiger partial charge < -0.3 is 10.2 Å². The van der Waals surface area contributed by atoms with E-state index in [1.165, 1.54) is 0 Å². The fourth-order valence-corrected chi connectivity index (χ4v) is 2.04. The molecule has 16 heavy (non-hydrogen) atoms. The maximum absolute atomic E-state index is 10.9. The molecule has 0 radical (unpaired) electrons. The van der Waals surface area contributed by atoms with Crippen molar-refractivity contribution in [2.45, 2.75) is 19.4 Å². The summed E-state index contributed by atoms with van der Waals surface area (Å²) >= 11 is 5.78. The fourth-order valence-electron chi connectivity index (χ4n) is 1.93. The summed E-state index contributed by atoms with van der Waals surface area (Å²) in [5.74, 6) is 0.938. The first-order chi connectivity index (χ1) is 7.65. The van der Waals surface area contributed by atoms with Crippen LogP contribution in [0.2, 0.25) is 5.02 Å². The summed E-state index contributed by atoms with van der Waals surface area (Å²) in [5.41, 5.74) is 0. The zero-order chi connectivity index (χ0) is 11.5. The van der Waals surface area contributed by atoms with Crippen molar-refractivity contribution in [2.75, 3.05) is 18.0 Å². The Balaban J connectivity index is 1.98. The Kier molecular flexibility index (Phi) is 3.29. The largest absolute Gasteiger partial charge is 0.354 e. The molecule has 1 aliphatic heterocycles. The van der Waals surface area contributed by atoms with Crippen LogP contribution < -0.4 is 10.2 Å². The average Bonchev–Trinajstić information content (AvgIpc) is 2.66. The molecule has 0 spiro atoms. The van der Waals surface area contributed by atoms with Gasteiger partial charge in [-0.3, -0.25) is 4.79 Å². The van der Waals surface area contributed by atoms with Crippen LogP contribution in [-0.4, -0.2) is 30.0 Å². The molecule has 1 N–H and O–H groups in total. The lowest BCUT2D eigenvalue weighted by atomic mass is 10.3. The molecule has 1 aromatic heterocycles. The van der Waals surface area contributed by atoms with Gasteiger partial charge in [-0.2, -0.15) is 0 Å². The Labute approximate surface area is 99.6 Å². The number of pyridine rings is 1. The van der Waals surface area contributed by atoms with Crippen molar-refractivity contribution in [1.82, 2.24) is 10.3 Å². The molecule has 1 unspecified atom stereocenters. The molecule has 0 saturated carbocycles. The number of anilines is 1. The molecule has 0 bridgehead atoms. The first-order valence-electron chi connectivity index (χ1n) is 5.29. The topological polar surface area (TPSA) is 45.2 Å². The van der Waals surface area contributed by atoms with Gasteiger partial charge in [-0.05, 0) is 18.6 Å².